The van der Waals surface area contributed by atoms with Crippen LogP contribution >= 0.6 is 0 Å². The second kappa shape index (κ2) is 5.30. The first-order valence-corrected chi connectivity index (χ1v) is 6.44. The van der Waals surface area contributed by atoms with Crippen LogP contribution in [0.2, 0.25) is 0 Å². The molecule has 2 atom stereocenters. The number of nitrogens with zero attached hydrogens (tertiary/aromatic N) is 4. The van der Waals surface area contributed by atoms with Crippen molar-refractivity contribution in [2.24, 2.45) is 11.0 Å². The summed E-state index contributed by atoms with van der Waals surface area (Å²) in [5, 5.41) is 3.61. The van der Waals surface area contributed by atoms with Gasteiger partial charge in [-0.1, -0.05) is 17.2 Å². The fourth-order valence-corrected chi connectivity index (χ4v) is 2.44. The lowest BCUT2D eigenvalue weighted by molar-refractivity contribution is -0.0189. The van der Waals surface area contributed by atoms with Crippen LogP contribution in [0, 0.1) is 5.92 Å². The molecule has 1 fully saturated rings. The quantitative estimate of drug-likeness (QED) is 0.519. The van der Waals surface area contributed by atoms with Crippen molar-refractivity contribution in [3.63, 3.8) is 0 Å². The van der Waals surface area contributed by atoms with Gasteiger partial charge in [-0.2, -0.15) is 0 Å². The number of aromatic nitrogens is 2. The smallest absolute Gasteiger partial charge is 0.136 e. The van der Waals surface area contributed by atoms with Crippen LogP contribution in [0.1, 0.15) is 24.8 Å². The van der Waals surface area contributed by atoms with Crippen LogP contribution in [-0.2, 0) is 4.74 Å². The Morgan fingerprint density at radius 2 is 2.32 bits per heavy atom. The fraction of sp³-hybridized carbons (Fsp3) is 0.462. The van der Waals surface area contributed by atoms with E-state index in [4.69, 9.17) is 10.3 Å². The minimum Gasteiger partial charge on any atom is -0.370 e. The topological polar surface area (TPSA) is 86.7 Å². The molecule has 1 aromatic heterocycles. The first kappa shape index (κ1) is 12.0. The number of hydrogen-bond acceptors (Lipinski definition) is 3. The SMILES string of the molecule is [N-]=[N+]=NCC1CCC(c2nc3ccccc3[nH]2)OC1. The average molecular weight is 257 g/mol. The van der Waals surface area contributed by atoms with Crippen LogP contribution in [0.4, 0.5) is 0 Å². The van der Waals surface area contributed by atoms with E-state index < -0.39 is 0 Å². The van der Waals surface area contributed by atoms with E-state index in [9.17, 15) is 0 Å². The lowest BCUT2D eigenvalue weighted by Gasteiger charge is -2.26. The van der Waals surface area contributed by atoms with Gasteiger partial charge in [0.1, 0.15) is 11.9 Å². The number of azide groups is 1. The van der Waals surface area contributed by atoms with E-state index in [2.05, 4.69) is 20.0 Å². The van der Waals surface area contributed by atoms with E-state index in [1.54, 1.807) is 0 Å². The summed E-state index contributed by atoms with van der Waals surface area (Å²) in [6.07, 6.45) is 1.93. The third kappa shape index (κ3) is 2.54. The zero-order chi connectivity index (χ0) is 13.1. The highest BCUT2D eigenvalue weighted by atomic mass is 16.5. The molecule has 1 aliphatic heterocycles. The number of hydrogen-bond donors (Lipinski definition) is 1. The number of H-pyrrole nitrogens is 1. The van der Waals surface area contributed by atoms with E-state index in [0.29, 0.717) is 19.1 Å². The normalized spacial score (nSPS) is 23.2. The Morgan fingerprint density at radius 3 is 3.05 bits per heavy atom. The average Bonchev–Trinajstić information content (AvgIpc) is 2.89. The Labute approximate surface area is 110 Å². The van der Waals surface area contributed by atoms with Crippen LogP contribution < -0.4 is 0 Å². The maximum absolute atomic E-state index is 8.31. The predicted molar refractivity (Wildman–Crippen MR) is 71.5 cm³/mol. The predicted octanol–water partition coefficient (Wildman–Crippen LogP) is 3.34. The highest BCUT2D eigenvalue weighted by Crippen LogP contribution is 2.30. The Bertz CT molecular complexity index is 575. The molecule has 0 aliphatic carbocycles. The number of benzene rings is 1. The molecule has 0 spiro atoms. The summed E-state index contributed by atoms with van der Waals surface area (Å²) in [5.41, 5.74) is 10.3. The Hall–Kier alpha value is -2.04. The number of ether oxygens (including phenoxy) is 1. The largest absolute Gasteiger partial charge is 0.370 e. The zero-order valence-corrected chi connectivity index (χ0v) is 10.5. The molecule has 2 aromatic rings. The van der Waals surface area contributed by atoms with E-state index in [1.165, 1.54) is 0 Å². The highest BCUT2D eigenvalue weighted by molar-refractivity contribution is 5.74. The van der Waals surface area contributed by atoms with Gasteiger partial charge in [0.15, 0.2) is 0 Å². The molecule has 19 heavy (non-hydrogen) atoms. The van der Waals surface area contributed by atoms with Gasteiger partial charge in [0, 0.05) is 11.5 Å². The van der Waals surface area contributed by atoms with Gasteiger partial charge in [0.2, 0.25) is 0 Å². The molecule has 2 heterocycles. The molecule has 98 valence electrons. The maximum Gasteiger partial charge on any atom is 0.136 e. The van der Waals surface area contributed by atoms with E-state index in [-0.39, 0.29) is 6.10 Å². The second-order valence-electron chi connectivity index (χ2n) is 4.82. The van der Waals surface area contributed by atoms with Gasteiger partial charge >= 0.3 is 0 Å². The number of nitrogens with one attached hydrogen (secondary N) is 1. The third-order valence-corrected chi connectivity index (χ3v) is 3.49. The van der Waals surface area contributed by atoms with Crippen LogP contribution in [0.25, 0.3) is 21.5 Å². The number of rotatable bonds is 3. The van der Waals surface area contributed by atoms with Crippen LogP contribution in [0.15, 0.2) is 29.4 Å². The third-order valence-electron chi connectivity index (χ3n) is 3.49. The lowest BCUT2D eigenvalue weighted by Crippen LogP contribution is -2.23. The molecule has 1 N–H and O–H groups in total. The molecule has 0 radical (unpaired) electrons. The van der Waals surface area contributed by atoms with Gasteiger partial charge in [-0.3, -0.25) is 0 Å². The fourth-order valence-electron chi connectivity index (χ4n) is 2.44. The lowest BCUT2D eigenvalue weighted by atomic mass is 9.98. The number of para-hydroxylation sites is 2. The number of fused-ring (bicyclic) bond motifs is 1. The molecule has 6 heteroatoms. The van der Waals surface area contributed by atoms with Crippen molar-refractivity contribution in [3.8, 4) is 0 Å². The van der Waals surface area contributed by atoms with Crippen LogP contribution in [0.3, 0.4) is 0 Å². The van der Waals surface area contributed by atoms with Crippen molar-refractivity contribution in [3.05, 3.63) is 40.5 Å². The first-order chi connectivity index (χ1) is 9.36. The molecule has 1 aliphatic rings. The van der Waals surface area contributed by atoms with Gasteiger partial charge in [-0.25, -0.2) is 4.98 Å². The Balaban J connectivity index is 1.69. The Morgan fingerprint density at radius 1 is 1.42 bits per heavy atom. The molecule has 2 unspecified atom stereocenters. The summed E-state index contributed by atoms with van der Waals surface area (Å²) in [5.74, 6) is 1.22. The Kier molecular flexibility index (Phi) is 3.35. The summed E-state index contributed by atoms with van der Waals surface area (Å²) >= 11 is 0. The standard InChI is InChI=1S/C13H15N5O/c14-18-15-7-9-5-6-12(19-8-9)13-16-10-3-1-2-4-11(10)17-13/h1-4,9,12H,5-8H2,(H,16,17). The van der Waals surface area contributed by atoms with E-state index in [1.807, 2.05) is 24.3 Å². The first-order valence-electron chi connectivity index (χ1n) is 6.44. The maximum atomic E-state index is 8.31. The molecule has 1 saturated heterocycles. The van der Waals surface area contributed by atoms with Crippen molar-refractivity contribution >= 4 is 11.0 Å². The molecule has 1 aromatic carbocycles. The summed E-state index contributed by atoms with van der Waals surface area (Å²) in [6, 6.07) is 7.97. The molecular formula is C13H15N5O. The minimum atomic E-state index is 0.0229. The molecular weight excluding hydrogens is 242 g/mol. The van der Waals surface area contributed by atoms with E-state index >= 15 is 0 Å². The van der Waals surface area contributed by atoms with Gasteiger partial charge < -0.3 is 9.72 Å². The van der Waals surface area contributed by atoms with Crippen molar-refractivity contribution in [1.29, 1.82) is 0 Å². The number of aromatic amines is 1. The molecule has 0 bridgehead atoms. The van der Waals surface area contributed by atoms with Crippen molar-refractivity contribution < 1.29 is 4.74 Å². The monoisotopic (exact) mass is 257 g/mol. The van der Waals surface area contributed by atoms with Gasteiger partial charge in [0.25, 0.3) is 0 Å². The molecule has 0 amide bonds. The van der Waals surface area contributed by atoms with E-state index in [0.717, 1.165) is 29.7 Å². The zero-order valence-electron chi connectivity index (χ0n) is 10.5. The molecule has 0 saturated carbocycles. The molecule has 6 nitrogen and oxygen atoms in total. The summed E-state index contributed by atoms with van der Waals surface area (Å²) in [7, 11) is 0. The van der Waals surface area contributed by atoms with Crippen LogP contribution in [0.5, 0.6) is 0 Å². The van der Waals surface area contributed by atoms with Crippen molar-refractivity contribution in [1.82, 2.24) is 9.97 Å². The second-order valence-corrected chi connectivity index (χ2v) is 4.82. The van der Waals surface area contributed by atoms with Crippen molar-refractivity contribution in [2.75, 3.05) is 13.2 Å². The van der Waals surface area contributed by atoms with Crippen molar-refractivity contribution in [2.45, 2.75) is 18.9 Å². The van der Waals surface area contributed by atoms with Crippen LogP contribution in [-0.4, -0.2) is 23.1 Å². The highest BCUT2D eigenvalue weighted by Gasteiger charge is 2.24. The molecule has 3 rings (SSSR count). The summed E-state index contributed by atoms with van der Waals surface area (Å²) in [4.78, 5) is 10.7. The van der Waals surface area contributed by atoms with Gasteiger partial charge in [-0.15, -0.1) is 0 Å². The van der Waals surface area contributed by atoms with Gasteiger partial charge in [-0.05, 0) is 36.4 Å². The summed E-state index contributed by atoms with van der Waals surface area (Å²) < 4.78 is 5.83. The minimum absolute atomic E-state index is 0.0229. The number of imidazole rings is 1. The van der Waals surface area contributed by atoms with Gasteiger partial charge in [0.05, 0.1) is 17.6 Å². The summed E-state index contributed by atoms with van der Waals surface area (Å²) in [6.45, 7) is 1.14.